The van der Waals surface area contributed by atoms with Crippen molar-refractivity contribution < 1.29 is 13.2 Å². The lowest BCUT2D eigenvalue weighted by Gasteiger charge is -2.16. The summed E-state index contributed by atoms with van der Waals surface area (Å²) in [6, 6.07) is 7.23. The van der Waals surface area contributed by atoms with Gasteiger partial charge in [-0.05, 0) is 36.6 Å². The quantitative estimate of drug-likeness (QED) is 0.779. The van der Waals surface area contributed by atoms with Crippen molar-refractivity contribution in [1.82, 2.24) is 0 Å². The number of hydrogen-bond acceptors (Lipinski definition) is 2. The lowest BCUT2D eigenvalue weighted by atomic mass is 10.1. The predicted molar refractivity (Wildman–Crippen MR) is 72.8 cm³/mol. The lowest BCUT2D eigenvalue weighted by molar-refractivity contribution is -0.137. The summed E-state index contributed by atoms with van der Waals surface area (Å²) in [4.78, 5) is 1.05. The van der Waals surface area contributed by atoms with Crippen LogP contribution in [0.25, 0.3) is 0 Å². The Balaban J connectivity index is 2.23. The molecular weight excluding hydrogens is 295 g/mol. The van der Waals surface area contributed by atoms with E-state index in [4.69, 9.17) is 11.6 Å². The topological polar surface area (TPSA) is 12.0 Å². The number of nitrogens with one attached hydrogen (secondary N) is 1. The van der Waals surface area contributed by atoms with Crippen molar-refractivity contribution in [3.63, 3.8) is 0 Å². The van der Waals surface area contributed by atoms with Gasteiger partial charge in [-0.25, -0.2) is 0 Å². The first kappa shape index (κ1) is 14.2. The second-order valence-electron chi connectivity index (χ2n) is 4.11. The Morgan fingerprint density at radius 1 is 1.26 bits per heavy atom. The van der Waals surface area contributed by atoms with Crippen molar-refractivity contribution in [2.45, 2.75) is 19.1 Å². The van der Waals surface area contributed by atoms with Crippen LogP contribution in [0.3, 0.4) is 0 Å². The van der Waals surface area contributed by atoms with Crippen molar-refractivity contribution in [3.05, 3.63) is 51.2 Å². The third-order valence-electron chi connectivity index (χ3n) is 2.58. The van der Waals surface area contributed by atoms with Gasteiger partial charge in [-0.2, -0.15) is 13.2 Å². The van der Waals surface area contributed by atoms with E-state index in [2.05, 4.69) is 5.32 Å². The Bertz CT molecular complexity index is 552. The molecule has 1 atom stereocenters. The third kappa shape index (κ3) is 3.64. The van der Waals surface area contributed by atoms with Crippen LogP contribution in [-0.4, -0.2) is 0 Å². The van der Waals surface area contributed by atoms with E-state index in [1.54, 1.807) is 11.3 Å². The van der Waals surface area contributed by atoms with Gasteiger partial charge in [0.25, 0.3) is 0 Å². The smallest absolute Gasteiger partial charge is 0.378 e. The summed E-state index contributed by atoms with van der Waals surface area (Å²) in [7, 11) is 0. The van der Waals surface area contributed by atoms with Gasteiger partial charge in [0.2, 0.25) is 0 Å². The highest BCUT2D eigenvalue weighted by molar-refractivity contribution is 7.10. The number of rotatable bonds is 3. The molecule has 0 aliphatic rings. The van der Waals surface area contributed by atoms with E-state index in [1.165, 1.54) is 6.07 Å². The van der Waals surface area contributed by atoms with Crippen molar-refractivity contribution in [2.75, 3.05) is 5.32 Å². The molecule has 6 heteroatoms. The van der Waals surface area contributed by atoms with Gasteiger partial charge < -0.3 is 5.32 Å². The Morgan fingerprint density at radius 2 is 2.00 bits per heavy atom. The highest BCUT2D eigenvalue weighted by Gasteiger charge is 2.31. The van der Waals surface area contributed by atoms with Crippen LogP contribution in [0.15, 0.2) is 35.7 Å². The molecule has 0 aliphatic carbocycles. The summed E-state index contributed by atoms with van der Waals surface area (Å²) in [5, 5.41) is 5.01. The molecule has 19 heavy (non-hydrogen) atoms. The number of thiophene rings is 1. The lowest BCUT2D eigenvalue weighted by Crippen LogP contribution is -2.08. The van der Waals surface area contributed by atoms with Gasteiger partial charge in [-0.3, -0.25) is 0 Å². The molecule has 0 radical (unpaired) electrons. The maximum atomic E-state index is 12.7. The van der Waals surface area contributed by atoms with Crippen molar-refractivity contribution in [1.29, 1.82) is 0 Å². The first-order valence-corrected chi connectivity index (χ1v) is 6.80. The minimum Gasteiger partial charge on any atom is -0.378 e. The molecule has 0 bridgehead atoms. The predicted octanol–water partition coefficient (Wildman–Crippen LogP) is 5.59. The van der Waals surface area contributed by atoms with E-state index in [0.29, 0.717) is 5.69 Å². The van der Waals surface area contributed by atoms with Gasteiger partial charge in [0.05, 0.1) is 11.6 Å². The van der Waals surface area contributed by atoms with Gasteiger partial charge >= 0.3 is 6.18 Å². The van der Waals surface area contributed by atoms with E-state index in [-0.39, 0.29) is 11.1 Å². The van der Waals surface area contributed by atoms with E-state index >= 15 is 0 Å². The van der Waals surface area contributed by atoms with Gasteiger partial charge in [-0.15, -0.1) is 11.3 Å². The van der Waals surface area contributed by atoms with Crippen LogP contribution in [0.2, 0.25) is 5.02 Å². The Hall–Kier alpha value is -1.20. The molecule has 0 amide bonds. The molecule has 2 rings (SSSR count). The van der Waals surface area contributed by atoms with Crippen molar-refractivity contribution in [2.24, 2.45) is 0 Å². The van der Waals surface area contributed by atoms with Crippen molar-refractivity contribution in [3.8, 4) is 0 Å². The zero-order chi connectivity index (χ0) is 14.0. The van der Waals surface area contributed by atoms with Gasteiger partial charge in [0.15, 0.2) is 0 Å². The van der Waals surface area contributed by atoms with Crippen LogP contribution in [0.1, 0.15) is 23.4 Å². The van der Waals surface area contributed by atoms with E-state index in [9.17, 15) is 13.2 Å². The fourth-order valence-electron chi connectivity index (χ4n) is 1.70. The van der Waals surface area contributed by atoms with Crippen LogP contribution in [-0.2, 0) is 6.18 Å². The molecule has 0 aliphatic heterocycles. The van der Waals surface area contributed by atoms with Crippen molar-refractivity contribution >= 4 is 28.6 Å². The van der Waals surface area contributed by atoms with Crippen LogP contribution in [0.4, 0.5) is 18.9 Å². The number of anilines is 1. The third-order valence-corrected chi connectivity index (χ3v) is 3.85. The summed E-state index contributed by atoms with van der Waals surface area (Å²) in [6.07, 6.45) is -4.40. The summed E-state index contributed by atoms with van der Waals surface area (Å²) in [5.74, 6) is 0. The standard InChI is InChI=1S/C13H11ClF3NS/c1-8(12-3-2-4-19-12)18-11-6-9(13(15,16)17)5-10(14)7-11/h2-8,18H,1H3. The molecule has 1 nitrogen and oxygen atoms in total. The average molecular weight is 306 g/mol. The molecule has 102 valence electrons. The van der Waals surface area contributed by atoms with Crippen LogP contribution < -0.4 is 5.32 Å². The Morgan fingerprint density at radius 3 is 2.58 bits per heavy atom. The maximum absolute atomic E-state index is 12.7. The van der Waals surface area contributed by atoms with Crippen LogP contribution in [0.5, 0.6) is 0 Å². The fourth-order valence-corrected chi connectivity index (χ4v) is 2.66. The summed E-state index contributed by atoms with van der Waals surface area (Å²) in [5.41, 5.74) is -0.387. The normalized spacial score (nSPS) is 13.3. The molecule has 0 spiro atoms. The highest BCUT2D eigenvalue weighted by atomic mass is 35.5. The number of alkyl halides is 3. The Kier molecular flexibility index (Phi) is 4.06. The molecule has 1 N–H and O–H groups in total. The molecule has 0 fully saturated rings. The second kappa shape index (κ2) is 5.43. The minimum absolute atomic E-state index is 0.0655. The maximum Gasteiger partial charge on any atom is 0.416 e. The fraction of sp³-hybridized carbons (Fsp3) is 0.231. The zero-order valence-corrected chi connectivity index (χ0v) is 11.5. The SMILES string of the molecule is CC(Nc1cc(Cl)cc(C(F)(F)F)c1)c1cccs1. The number of benzene rings is 1. The van der Waals surface area contributed by atoms with E-state index in [0.717, 1.165) is 17.0 Å². The van der Waals surface area contributed by atoms with Crippen LogP contribution in [0, 0.1) is 0 Å². The molecular formula is C13H11ClF3NS. The van der Waals surface area contributed by atoms with Crippen LogP contribution >= 0.6 is 22.9 Å². The summed E-state index contributed by atoms with van der Waals surface area (Å²) >= 11 is 7.27. The largest absolute Gasteiger partial charge is 0.416 e. The molecule has 1 aromatic heterocycles. The molecule has 0 saturated heterocycles. The van der Waals surface area contributed by atoms with E-state index in [1.807, 2.05) is 24.4 Å². The van der Waals surface area contributed by atoms with E-state index < -0.39 is 11.7 Å². The van der Waals surface area contributed by atoms with Gasteiger partial charge in [0, 0.05) is 15.6 Å². The number of hydrogen-bond donors (Lipinski definition) is 1. The molecule has 2 aromatic rings. The average Bonchev–Trinajstić information content (AvgIpc) is 2.80. The zero-order valence-electron chi connectivity index (χ0n) is 9.96. The molecule has 0 saturated carbocycles. The molecule has 1 heterocycles. The molecule has 1 unspecified atom stereocenters. The Labute approximate surface area is 118 Å². The first-order chi connectivity index (χ1) is 8.86. The summed E-state index contributed by atoms with van der Waals surface area (Å²) in [6.45, 7) is 1.89. The monoisotopic (exact) mass is 305 g/mol. The first-order valence-electron chi connectivity index (χ1n) is 5.54. The minimum atomic E-state index is -4.40. The highest BCUT2D eigenvalue weighted by Crippen LogP contribution is 2.34. The van der Waals surface area contributed by atoms with Gasteiger partial charge in [-0.1, -0.05) is 17.7 Å². The number of halogens is 4. The van der Waals surface area contributed by atoms with Gasteiger partial charge in [0.1, 0.15) is 0 Å². The second-order valence-corrected chi connectivity index (χ2v) is 5.52. The molecule has 1 aromatic carbocycles. The summed E-state index contributed by atoms with van der Waals surface area (Å²) < 4.78 is 38.0.